The minimum Gasteiger partial charge on any atom is -0.205 e. The van der Waals surface area contributed by atoms with E-state index in [4.69, 9.17) is 5.26 Å². The molecule has 0 atom stereocenters. The van der Waals surface area contributed by atoms with Crippen molar-refractivity contribution in [3.8, 4) is 6.07 Å². The van der Waals surface area contributed by atoms with E-state index in [1.807, 2.05) is 6.07 Å². The summed E-state index contributed by atoms with van der Waals surface area (Å²) in [7, 11) is -1.95. The molecule has 1 fully saturated rings. The lowest BCUT2D eigenvalue weighted by molar-refractivity contribution is 0.405. The summed E-state index contributed by atoms with van der Waals surface area (Å²) in [6.45, 7) is 0.296. The fourth-order valence-electron chi connectivity index (χ4n) is 1.14. The average molecular weight is 203 g/mol. The Bertz CT molecular complexity index is 302. The maximum absolute atomic E-state index is 11.4. The molecule has 5 nitrogen and oxygen atoms in total. The predicted molar refractivity (Wildman–Crippen MR) is 47.9 cm³/mol. The Morgan fingerprint density at radius 1 is 1.62 bits per heavy atom. The van der Waals surface area contributed by atoms with Gasteiger partial charge in [0.15, 0.2) is 0 Å². The van der Waals surface area contributed by atoms with Gasteiger partial charge in [0.1, 0.15) is 0 Å². The highest BCUT2D eigenvalue weighted by molar-refractivity contribution is 7.87. The van der Waals surface area contributed by atoms with Crippen molar-refractivity contribution >= 4 is 10.2 Å². The highest BCUT2D eigenvalue weighted by Crippen LogP contribution is 2.28. The second-order valence-corrected chi connectivity index (χ2v) is 4.79. The number of nitrogens with zero attached hydrogens (tertiary/aromatic N) is 2. The van der Waals surface area contributed by atoms with Crippen LogP contribution < -0.4 is 4.72 Å². The van der Waals surface area contributed by atoms with Gasteiger partial charge in [-0.1, -0.05) is 0 Å². The third kappa shape index (κ3) is 2.66. The zero-order valence-electron chi connectivity index (χ0n) is 7.52. The van der Waals surface area contributed by atoms with E-state index in [2.05, 4.69) is 4.72 Å². The molecule has 1 saturated carbocycles. The number of nitrogens with one attached hydrogen (secondary N) is 1. The van der Waals surface area contributed by atoms with Crippen molar-refractivity contribution in [2.24, 2.45) is 0 Å². The lowest BCUT2D eigenvalue weighted by atomic mass is 10.4. The van der Waals surface area contributed by atoms with Crippen LogP contribution in [0.3, 0.4) is 0 Å². The standard InChI is InChI=1S/C7H13N3O2S/c1-9-13(11,12)10(6-2-5-8)7-3-4-7/h7,9H,2-4,6H2,1H3. The van der Waals surface area contributed by atoms with Crippen LogP contribution in [-0.4, -0.2) is 32.4 Å². The summed E-state index contributed by atoms with van der Waals surface area (Å²) in [5, 5.41) is 8.36. The van der Waals surface area contributed by atoms with Gasteiger partial charge in [0.05, 0.1) is 6.07 Å². The van der Waals surface area contributed by atoms with Crippen LogP contribution in [0.15, 0.2) is 0 Å². The van der Waals surface area contributed by atoms with Crippen LogP contribution in [0.1, 0.15) is 19.3 Å². The number of hydrogen-bond acceptors (Lipinski definition) is 3. The first-order valence-electron chi connectivity index (χ1n) is 4.19. The second-order valence-electron chi connectivity index (χ2n) is 2.96. The van der Waals surface area contributed by atoms with E-state index in [1.165, 1.54) is 11.4 Å². The summed E-state index contributed by atoms with van der Waals surface area (Å²) in [5.74, 6) is 0. The quantitative estimate of drug-likeness (QED) is 0.674. The molecule has 74 valence electrons. The van der Waals surface area contributed by atoms with Crippen LogP contribution in [0.2, 0.25) is 0 Å². The maximum Gasteiger partial charge on any atom is 0.279 e. The molecule has 0 amide bonds. The van der Waals surface area contributed by atoms with Gasteiger partial charge in [-0.3, -0.25) is 0 Å². The van der Waals surface area contributed by atoms with Crippen molar-refractivity contribution in [1.29, 1.82) is 5.26 Å². The van der Waals surface area contributed by atoms with Crippen molar-refractivity contribution in [2.45, 2.75) is 25.3 Å². The summed E-state index contributed by atoms with van der Waals surface area (Å²) in [6.07, 6.45) is 2.07. The highest BCUT2D eigenvalue weighted by atomic mass is 32.2. The van der Waals surface area contributed by atoms with Crippen molar-refractivity contribution < 1.29 is 8.42 Å². The molecule has 0 aromatic rings. The molecule has 1 N–H and O–H groups in total. The SMILES string of the molecule is CNS(=O)(=O)N(CCC#N)C1CC1. The van der Waals surface area contributed by atoms with E-state index in [1.54, 1.807) is 0 Å². The number of nitriles is 1. The Balaban J connectivity index is 2.63. The van der Waals surface area contributed by atoms with Gasteiger partial charge in [-0.05, 0) is 12.8 Å². The third-order valence-electron chi connectivity index (χ3n) is 1.96. The molecule has 0 aromatic carbocycles. The molecule has 1 aliphatic carbocycles. The van der Waals surface area contributed by atoms with Crippen molar-refractivity contribution in [3.05, 3.63) is 0 Å². The second kappa shape index (κ2) is 4.05. The van der Waals surface area contributed by atoms with Crippen LogP contribution >= 0.6 is 0 Å². The molecular formula is C7H13N3O2S. The van der Waals surface area contributed by atoms with Crippen molar-refractivity contribution in [1.82, 2.24) is 9.03 Å². The van der Waals surface area contributed by atoms with E-state index < -0.39 is 10.2 Å². The summed E-state index contributed by atoms with van der Waals surface area (Å²) < 4.78 is 26.4. The van der Waals surface area contributed by atoms with Crippen LogP contribution in [0.5, 0.6) is 0 Å². The Hall–Kier alpha value is -0.640. The molecule has 0 spiro atoms. The normalized spacial score (nSPS) is 17.3. The summed E-state index contributed by atoms with van der Waals surface area (Å²) in [5.41, 5.74) is 0. The zero-order chi connectivity index (χ0) is 9.90. The molecule has 0 saturated heterocycles. The van der Waals surface area contributed by atoms with Gasteiger partial charge in [0.25, 0.3) is 10.2 Å². The first-order valence-corrected chi connectivity index (χ1v) is 5.63. The molecule has 1 rings (SSSR count). The lowest BCUT2D eigenvalue weighted by Gasteiger charge is -2.19. The fourth-order valence-corrected chi connectivity index (χ4v) is 2.31. The lowest BCUT2D eigenvalue weighted by Crippen LogP contribution is -2.40. The fraction of sp³-hybridized carbons (Fsp3) is 0.857. The van der Waals surface area contributed by atoms with E-state index in [0.29, 0.717) is 6.54 Å². The van der Waals surface area contributed by atoms with Crippen molar-refractivity contribution in [2.75, 3.05) is 13.6 Å². The van der Waals surface area contributed by atoms with Gasteiger partial charge in [0.2, 0.25) is 0 Å². The van der Waals surface area contributed by atoms with Crippen LogP contribution in [0, 0.1) is 11.3 Å². The van der Waals surface area contributed by atoms with Gasteiger partial charge in [-0.25, -0.2) is 4.72 Å². The molecule has 0 aliphatic heterocycles. The minimum absolute atomic E-state index is 0.116. The Kier molecular flexibility index (Phi) is 3.25. The smallest absolute Gasteiger partial charge is 0.205 e. The summed E-state index contributed by atoms with van der Waals surface area (Å²) in [4.78, 5) is 0. The Labute approximate surface area is 78.5 Å². The van der Waals surface area contributed by atoms with E-state index in [-0.39, 0.29) is 12.5 Å². The van der Waals surface area contributed by atoms with E-state index in [9.17, 15) is 8.42 Å². The molecule has 0 bridgehead atoms. The monoisotopic (exact) mass is 203 g/mol. The predicted octanol–water partition coefficient (Wildman–Crippen LogP) is -0.171. The molecule has 1 aliphatic rings. The third-order valence-corrected chi connectivity index (χ3v) is 3.58. The molecule has 13 heavy (non-hydrogen) atoms. The van der Waals surface area contributed by atoms with Gasteiger partial charge in [-0.2, -0.15) is 18.0 Å². The Morgan fingerprint density at radius 3 is 2.62 bits per heavy atom. The van der Waals surface area contributed by atoms with E-state index in [0.717, 1.165) is 12.8 Å². The van der Waals surface area contributed by atoms with Crippen LogP contribution in [0.25, 0.3) is 0 Å². The van der Waals surface area contributed by atoms with E-state index >= 15 is 0 Å². The molecule has 0 heterocycles. The van der Waals surface area contributed by atoms with Gasteiger partial charge in [0, 0.05) is 26.1 Å². The molecule has 0 unspecified atom stereocenters. The van der Waals surface area contributed by atoms with Gasteiger partial charge >= 0.3 is 0 Å². The summed E-state index contributed by atoms with van der Waals surface area (Å²) in [6, 6.07) is 2.06. The van der Waals surface area contributed by atoms with Crippen LogP contribution in [-0.2, 0) is 10.2 Å². The topological polar surface area (TPSA) is 73.2 Å². The number of rotatable bonds is 5. The largest absolute Gasteiger partial charge is 0.279 e. The molecule has 0 radical (unpaired) electrons. The number of hydrogen-bond donors (Lipinski definition) is 1. The van der Waals surface area contributed by atoms with Crippen LogP contribution in [0.4, 0.5) is 0 Å². The molecular weight excluding hydrogens is 190 g/mol. The molecule has 6 heteroatoms. The maximum atomic E-state index is 11.4. The van der Waals surface area contributed by atoms with Crippen molar-refractivity contribution in [3.63, 3.8) is 0 Å². The van der Waals surface area contributed by atoms with Gasteiger partial charge in [-0.15, -0.1) is 0 Å². The minimum atomic E-state index is -3.34. The summed E-state index contributed by atoms with van der Waals surface area (Å²) >= 11 is 0. The first kappa shape index (κ1) is 10.4. The molecule has 0 aromatic heterocycles. The Morgan fingerprint density at radius 2 is 2.23 bits per heavy atom. The highest BCUT2D eigenvalue weighted by Gasteiger charge is 2.35. The first-order chi connectivity index (χ1) is 6.11. The average Bonchev–Trinajstić information content (AvgIpc) is 2.89. The van der Waals surface area contributed by atoms with Gasteiger partial charge < -0.3 is 0 Å². The zero-order valence-corrected chi connectivity index (χ0v) is 8.34.